The molecule has 0 unspecified atom stereocenters. The van der Waals surface area contributed by atoms with E-state index < -0.39 is 0 Å². The van der Waals surface area contributed by atoms with Gasteiger partial charge in [0.1, 0.15) is 6.10 Å². The van der Waals surface area contributed by atoms with Crippen LogP contribution >= 0.6 is 12.4 Å². The fourth-order valence-corrected chi connectivity index (χ4v) is 2.68. The van der Waals surface area contributed by atoms with Gasteiger partial charge in [-0.3, -0.25) is 0 Å². The number of carbonyl (C=O) groups is 1. The highest BCUT2D eigenvalue weighted by molar-refractivity contribution is 5.89. The summed E-state index contributed by atoms with van der Waals surface area (Å²) in [5.74, 6) is 0.358. The van der Waals surface area contributed by atoms with Crippen LogP contribution in [-0.4, -0.2) is 17.6 Å². The molecule has 4 heteroatoms. The molecule has 2 saturated carbocycles. The van der Waals surface area contributed by atoms with Gasteiger partial charge in [0.15, 0.2) is 0 Å². The molecule has 0 amide bonds. The van der Waals surface area contributed by atoms with Crippen molar-refractivity contribution in [1.29, 1.82) is 0 Å². The minimum Gasteiger partial charge on any atom is -0.459 e. The summed E-state index contributed by atoms with van der Waals surface area (Å²) in [6.45, 7) is 0. The number of hydrogen-bond acceptors (Lipinski definition) is 3. The molecule has 3 rings (SSSR count). The van der Waals surface area contributed by atoms with Crippen LogP contribution < -0.4 is 5.73 Å². The molecule has 0 saturated heterocycles. The largest absolute Gasteiger partial charge is 0.459 e. The number of fused-ring (bicyclic) bond motifs is 1. The normalized spacial score (nSPS) is 33.5. The first-order valence-corrected chi connectivity index (χ1v) is 5.72. The summed E-state index contributed by atoms with van der Waals surface area (Å²) in [5.41, 5.74) is 6.67. The standard InChI is InChI=1S/C13H15NO2.ClH/c14-13-7-10(13)6-11(8-13)16-12(15)9-4-2-1-3-5-9;/h1-5,10-11H,6-8,14H2;1H/t10-,11+,13+;/m0./s1. The molecule has 17 heavy (non-hydrogen) atoms. The van der Waals surface area contributed by atoms with Crippen LogP contribution in [0.15, 0.2) is 30.3 Å². The fraction of sp³-hybridized carbons (Fsp3) is 0.462. The molecule has 2 fully saturated rings. The summed E-state index contributed by atoms with van der Waals surface area (Å²) >= 11 is 0. The first-order chi connectivity index (χ1) is 7.67. The maximum absolute atomic E-state index is 11.8. The van der Waals surface area contributed by atoms with Crippen molar-refractivity contribution in [2.24, 2.45) is 11.7 Å². The summed E-state index contributed by atoms with van der Waals surface area (Å²) in [5, 5.41) is 0. The lowest BCUT2D eigenvalue weighted by atomic mass is 10.1. The number of benzene rings is 1. The Morgan fingerprint density at radius 3 is 2.59 bits per heavy atom. The highest BCUT2D eigenvalue weighted by atomic mass is 35.5. The lowest BCUT2D eigenvalue weighted by Crippen LogP contribution is -2.25. The van der Waals surface area contributed by atoms with Crippen LogP contribution in [0.2, 0.25) is 0 Å². The van der Waals surface area contributed by atoms with E-state index in [0.29, 0.717) is 11.5 Å². The Hall–Kier alpha value is -1.06. The lowest BCUT2D eigenvalue weighted by Gasteiger charge is -2.14. The Labute approximate surface area is 107 Å². The molecule has 2 N–H and O–H groups in total. The first kappa shape index (κ1) is 12.4. The van der Waals surface area contributed by atoms with Gasteiger partial charge >= 0.3 is 5.97 Å². The van der Waals surface area contributed by atoms with Gasteiger partial charge in [-0.2, -0.15) is 0 Å². The molecule has 0 radical (unpaired) electrons. The molecule has 0 heterocycles. The molecule has 2 aliphatic rings. The van der Waals surface area contributed by atoms with Gasteiger partial charge in [0.25, 0.3) is 0 Å². The Balaban J connectivity index is 0.00000108. The van der Waals surface area contributed by atoms with Gasteiger partial charge in [-0.1, -0.05) is 18.2 Å². The number of halogens is 1. The summed E-state index contributed by atoms with van der Waals surface area (Å²) in [6, 6.07) is 9.11. The van der Waals surface area contributed by atoms with E-state index in [-0.39, 0.29) is 30.0 Å². The van der Waals surface area contributed by atoms with Crippen molar-refractivity contribution in [3.05, 3.63) is 35.9 Å². The SMILES string of the molecule is Cl.N[C@]12C[C@H](OC(=O)c3ccccc3)C[C@H]1C2. The van der Waals surface area contributed by atoms with Crippen LogP contribution in [0, 0.1) is 5.92 Å². The third-order valence-electron chi connectivity index (χ3n) is 3.72. The van der Waals surface area contributed by atoms with Crippen LogP contribution in [0.5, 0.6) is 0 Å². The first-order valence-electron chi connectivity index (χ1n) is 5.72. The van der Waals surface area contributed by atoms with Crippen LogP contribution in [0.25, 0.3) is 0 Å². The average Bonchev–Trinajstić information content (AvgIpc) is 2.79. The summed E-state index contributed by atoms with van der Waals surface area (Å²) < 4.78 is 5.44. The predicted molar refractivity (Wildman–Crippen MR) is 67.2 cm³/mol. The quantitative estimate of drug-likeness (QED) is 0.822. The van der Waals surface area contributed by atoms with E-state index in [1.807, 2.05) is 18.2 Å². The Bertz CT molecular complexity index is 423. The fourth-order valence-electron chi connectivity index (χ4n) is 2.68. The molecular weight excluding hydrogens is 238 g/mol. The van der Waals surface area contributed by atoms with Crippen molar-refractivity contribution in [3.8, 4) is 0 Å². The maximum atomic E-state index is 11.8. The van der Waals surface area contributed by atoms with Gasteiger partial charge in [0, 0.05) is 12.0 Å². The van der Waals surface area contributed by atoms with E-state index in [1.54, 1.807) is 12.1 Å². The highest BCUT2D eigenvalue weighted by Gasteiger charge is 2.58. The molecule has 0 spiro atoms. The lowest BCUT2D eigenvalue weighted by molar-refractivity contribution is 0.0288. The summed E-state index contributed by atoms with van der Waals surface area (Å²) in [4.78, 5) is 11.8. The Morgan fingerprint density at radius 2 is 2.00 bits per heavy atom. The van der Waals surface area contributed by atoms with Gasteiger partial charge in [0.05, 0.1) is 5.56 Å². The number of esters is 1. The molecule has 3 atom stereocenters. The molecule has 0 aliphatic heterocycles. The van der Waals surface area contributed by atoms with Crippen molar-refractivity contribution in [3.63, 3.8) is 0 Å². The number of carbonyl (C=O) groups excluding carboxylic acids is 1. The third kappa shape index (κ3) is 2.31. The minimum absolute atomic E-state index is 0. The average molecular weight is 254 g/mol. The predicted octanol–water partition coefficient (Wildman–Crippen LogP) is 2.15. The van der Waals surface area contributed by atoms with Crippen LogP contribution in [0.4, 0.5) is 0 Å². The minimum atomic E-state index is -0.226. The highest BCUT2D eigenvalue weighted by Crippen LogP contribution is 2.54. The van der Waals surface area contributed by atoms with Crippen LogP contribution in [0.1, 0.15) is 29.6 Å². The second-order valence-electron chi connectivity index (χ2n) is 4.97. The van der Waals surface area contributed by atoms with Crippen molar-refractivity contribution in [2.45, 2.75) is 30.9 Å². The smallest absolute Gasteiger partial charge is 0.338 e. The van der Waals surface area contributed by atoms with Gasteiger partial charge in [0.2, 0.25) is 0 Å². The summed E-state index contributed by atoms with van der Waals surface area (Å²) in [6.07, 6.45) is 2.90. The third-order valence-corrected chi connectivity index (χ3v) is 3.72. The van der Waals surface area contributed by atoms with E-state index in [9.17, 15) is 4.79 Å². The van der Waals surface area contributed by atoms with Gasteiger partial charge in [-0.05, 0) is 30.9 Å². The topological polar surface area (TPSA) is 52.3 Å². The molecular formula is C13H16ClNO2. The van der Waals surface area contributed by atoms with E-state index in [0.717, 1.165) is 19.3 Å². The van der Waals surface area contributed by atoms with Crippen molar-refractivity contribution >= 4 is 18.4 Å². The second kappa shape index (κ2) is 4.31. The van der Waals surface area contributed by atoms with E-state index in [2.05, 4.69) is 0 Å². The Morgan fingerprint density at radius 1 is 1.29 bits per heavy atom. The number of ether oxygens (including phenoxy) is 1. The zero-order chi connectivity index (χ0) is 11.2. The van der Waals surface area contributed by atoms with E-state index in [1.165, 1.54) is 0 Å². The molecule has 92 valence electrons. The second-order valence-corrected chi connectivity index (χ2v) is 4.97. The molecule has 0 aromatic heterocycles. The van der Waals surface area contributed by atoms with Crippen molar-refractivity contribution in [2.75, 3.05) is 0 Å². The molecule has 0 bridgehead atoms. The Kier molecular flexibility index (Phi) is 3.15. The monoisotopic (exact) mass is 253 g/mol. The zero-order valence-electron chi connectivity index (χ0n) is 9.46. The van der Waals surface area contributed by atoms with Gasteiger partial charge in [-0.25, -0.2) is 4.79 Å². The van der Waals surface area contributed by atoms with Crippen LogP contribution in [-0.2, 0) is 4.74 Å². The van der Waals surface area contributed by atoms with E-state index in [4.69, 9.17) is 10.5 Å². The van der Waals surface area contributed by atoms with Gasteiger partial charge in [-0.15, -0.1) is 12.4 Å². The number of nitrogens with two attached hydrogens (primary N) is 1. The maximum Gasteiger partial charge on any atom is 0.338 e. The van der Waals surface area contributed by atoms with Crippen molar-refractivity contribution in [1.82, 2.24) is 0 Å². The van der Waals surface area contributed by atoms with E-state index >= 15 is 0 Å². The van der Waals surface area contributed by atoms with Crippen LogP contribution in [0.3, 0.4) is 0 Å². The summed E-state index contributed by atoms with van der Waals surface area (Å²) in [7, 11) is 0. The van der Waals surface area contributed by atoms with Crippen molar-refractivity contribution < 1.29 is 9.53 Å². The molecule has 3 nitrogen and oxygen atoms in total. The molecule has 1 aromatic carbocycles. The molecule has 2 aliphatic carbocycles. The molecule has 1 aromatic rings. The van der Waals surface area contributed by atoms with Gasteiger partial charge < -0.3 is 10.5 Å². The number of rotatable bonds is 2. The number of hydrogen-bond donors (Lipinski definition) is 1. The zero-order valence-corrected chi connectivity index (χ0v) is 10.3.